The molecule has 0 radical (unpaired) electrons. The first kappa shape index (κ1) is 14.4. The first-order chi connectivity index (χ1) is 9.05. The summed E-state index contributed by atoms with van der Waals surface area (Å²) in [4.78, 5) is 3.93. The lowest BCUT2D eigenvalue weighted by atomic mass is 9.87. The third-order valence-corrected chi connectivity index (χ3v) is 5.70. The Kier molecular flexibility index (Phi) is 4.54. The highest BCUT2D eigenvalue weighted by Gasteiger charge is 2.31. The number of nitrogens with zero attached hydrogens (tertiary/aromatic N) is 2. The first-order valence-electron chi connectivity index (χ1n) is 6.55. The van der Waals surface area contributed by atoms with Crippen LogP contribution in [0.1, 0.15) is 25.7 Å². The van der Waals surface area contributed by atoms with Gasteiger partial charge in [0.2, 0.25) is 0 Å². The van der Waals surface area contributed by atoms with Crippen molar-refractivity contribution in [2.45, 2.75) is 36.8 Å². The fourth-order valence-electron chi connectivity index (χ4n) is 2.53. The standard InChI is InChI=1S/C13H20N2O3S/c1-15(12-7-5-11(10-16)6-8-12)19(17,18)13-4-2-3-9-14-13/h2-4,9,11-12,16H,5-8,10H2,1H3. The summed E-state index contributed by atoms with van der Waals surface area (Å²) in [5.74, 6) is 0.321. The van der Waals surface area contributed by atoms with Gasteiger partial charge in [-0.05, 0) is 43.7 Å². The Morgan fingerprint density at radius 2 is 2.00 bits per heavy atom. The number of pyridine rings is 1. The van der Waals surface area contributed by atoms with Gasteiger partial charge >= 0.3 is 0 Å². The Morgan fingerprint density at radius 3 is 2.53 bits per heavy atom. The summed E-state index contributed by atoms with van der Waals surface area (Å²) in [7, 11) is -1.88. The maximum absolute atomic E-state index is 12.4. The summed E-state index contributed by atoms with van der Waals surface area (Å²) in [6, 6.07) is 4.90. The minimum Gasteiger partial charge on any atom is -0.396 e. The molecule has 6 heteroatoms. The van der Waals surface area contributed by atoms with E-state index in [0.29, 0.717) is 5.92 Å². The van der Waals surface area contributed by atoms with Crippen LogP contribution in [0, 0.1) is 5.92 Å². The second-order valence-corrected chi connectivity index (χ2v) is 6.99. The van der Waals surface area contributed by atoms with Gasteiger partial charge in [-0.25, -0.2) is 13.4 Å². The molecule has 1 aromatic heterocycles. The Hall–Kier alpha value is -0.980. The van der Waals surface area contributed by atoms with Crippen LogP contribution < -0.4 is 0 Å². The van der Waals surface area contributed by atoms with Gasteiger partial charge in [0, 0.05) is 25.9 Å². The molecule has 0 unspecified atom stereocenters. The average molecular weight is 284 g/mol. The van der Waals surface area contributed by atoms with Gasteiger partial charge in [0.1, 0.15) is 0 Å². The average Bonchev–Trinajstić information content (AvgIpc) is 2.47. The molecule has 0 bridgehead atoms. The molecule has 1 aliphatic carbocycles. The fourth-order valence-corrected chi connectivity index (χ4v) is 3.88. The Bertz CT molecular complexity index is 496. The minimum atomic E-state index is -3.50. The van der Waals surface area contributed by atoms with Crippen molar-refractivity contribution < 1.29 is 13.5 Å². The van der Waals surface area contributed by atoms with Crippen molar-refractivity contribution >= 4 is 10.0 Å². The summed E-state index contributed by atoms with van der Waals surface area (Å²) in [5, 5.41) is 9.21. The van der Waals surface area contributed by atoms with Crippen molar-refractivity contribution in [1.29, 1.82) is 0 Å². The van der Waals surface area contributed by atoms with Crippen molar-refractivity contribution in [2.24, 2.45) is 5.92 Å². The summed E-state index contributed by atoms with van der Waals surface area (Å²) in [6.07, 6.45) is 4.84. The van der Waals surface area contributed by atoms with Crippen molar-refractivity contribution in [3.63, 3.8) is 0 Å². The van der Waals surface area contributed by atoms with Crippen LogP contribution in [0.2, 0.25) is 0 Å². The van der Waals surface area contributed by atoms with Gasteiger partial charge in [0.15, 0.2) is 5.03 Å². The smallest absolute Gasteiger partial charge is 0.260 e. The van der Waals surface area contributed by atoms with Gasteiger partial charge in [0.25, 0.3) is 10.0 Å². The molecular formula is C13H20N2O3S. The van der Waals surface area contributed by atoms with Crippen LogP contribution in [-0.2, 0) is 10.0 Å². The molecule has 19 heavy (non-hydrogen) atoms. The minimum absolute atomic E-state index is 0.00908. The highest BCUT2D eigenvalue weighted by atomic mass is 32.2. The van der Waals surface area contributed by atoms with Gasteiger partial charge in [-0.15, -0.1) is 0 Å². The molecule has 0 saturated heterocycles. The molecular weight excluding hydrogens is 264 g/mol. The van der Waals surface area contributed by atoms with Crippen LogP contribution in [0.4, 0.5) is 0 Å². The van der Waals surface area contributed by atoms with Gasteiger partial charge in [0.05, 0.1) is 0 Å². The van der Waals surface area contributed by atoms with Gasteiger partial charge < -0.3 is 5.11 Å². The van der Waals surface area contributed by atoms with E-state index in [1.54, 1.807) is 19.2 Å². The Labute approximate surface area is 114 Å². The van der Waals surface area contributed by atoms with E-state index >= 15 is 0 Å². The first-order valence-corrected chi connectivity index (χ1v) is 7.99. The van der Waals surface area contributed by atoms with Crippen LogP contribution in [0.5, 0.6) is 0 Å². The van der Waals surface area contributed by atoms with Crippen molar-refractivity contribution in [2.75, 3.05) is 13.7 Å². The van der Waals surface area contributed by atoms with Gasteiger partial charge in [-0.1, -0.05) is 6.07 Å². The molecule has 1 N–H and O–H groups in total. The molecule has 0 spiro atoms. The third-order valence-electron chi connectivity index (χ3n) is 3.87. The van der Waals surface area contributed by atoms with Gasteiger partial charge in [-0.3, -0.25) is 0 Å². The van der Waals surface area contributed by atoms with E-state index in [2.05, 4.69) is 4.98 Å². The van der Waals surface area contributed by atoms with Crippen molar-refractivity contribution in [1.82, 2.24) is 9.29 Å². The largest absolute Gasteiger partial charge is 0.396 e. The zero-order valence-corrected chi connectivity index (χ0v) is 11.9. The molecule has 5 nitrogen and oxygen atoms in total. The molecule has 1 aromatic rings. The number of rotatable bonds is 4. The van der Waals surface area contributed by atoms with E-state index in [-0.39, 0.29) is 17.7 Å². The molecule has 0 atom stereocenters. The third kappa shape index (κ3) is 3.13. The van der Waals surface area contributed by atoms with Crippen LogP contribution >= 0.6 is 0 Å². The molecule has 1 saturated carbocycles. The summed E-state index contributed by atoms with van der Waals surface area (Å²) in [5.41, 5.74) is 0. The highest BCUT2D eigenvalue weighted by Crippen LogP contribution is 2.29. The molecule has 106 valence electrons. The number of hydrogen-bond donors (Lipinski definition) is 1. The number of aromatic nitrogens is 1. The molecule has 1 heterocycles. The van der Waals surface area contributed by atoms with E-state index in [9.17, 15) is 8.42 Å². The Morgan fingerprint density at radius 1 is 1.32 bits per heavy atom. The summed E-state index contributed by atoms with van der Waals surface area (Å²) >= 11 is 0. The second kappa shape index (κ2) is 5.98. The monoisotopic (exact) mass is 284 g/mol. The van der Waals surface area contributed by atoms with E-state index < -0.39 is 10.0 Å². The normalized spacial score (nSPS) is 24.6. The molecule has 1 aliphatic rings. The van der Waals surface area contributed by atoms with Crippen molar-refractivity contribution in [3.05, 3.63) is 24.4 Å². The molecule has 0 aromatic carbocycles. The predicted octanol–water partition coefficient (Wildman–Crippen LogP) is 1.25. The molecule has 0 aliphatic heterocycles. The van der Waals surface area contributed by atoms with Crippen LogP contribution in [0.25, 0.3) is 0 Å². The van der Waals surface area contributed by atoms with E-state index in [1.807, 2.05) is 0 Å². The maximum Gasteiger partial charge on any atom is 0.260 e. The van der Waals surface area contributed by atoms with E-state index in [1.165, 1.54) is 16.6 Å². The number of hydrogen-bond acceptors (Lipinski definition) is 4. The number of aliphatic hydroxyl groups excluding tert-OH is 1. The zero-order valence-electron chi connectivity index (χ0n) is 11.1. The second-order valence-electron chi connectivity index (χ2n) is 5.05. The van der Waals surface area contributed by atoms with Crippen LogP contribution in [-0.4, -0.2) is 42.5 Å². The van der Waals surface area contributed by atoms with Crippen LogP contribution in [0.15, 0.2) is 29.4 Å². The lowest BCUT2D eigenvalue weighted by Crippen LogP contribution is -2.40. The summed E-state index contributed by atoms with van der Waals surface area (Å²) in [6.45, 7) is 0.198. The molecule has 0 amide bonds. The Balaban J connectivity index is 2.10. The topological polar surface area (TPSA) is 70.5 Å². The fraction of sp³-hybridized carbons (Fsp3) is 0.615. The van der Waals surface area contributed by atoms with E-state index in [4.69, 9.17) is 5.11 Å². The number of sulfonamides is 1. The van der Waals surface area contributed by atoms with E-state index in [0.717, 1.165) is 25.7 Å². The quantitative estimate of drug-likeness (QED) is 0.903. The zero-order chi connectivity index (χ0) is 13.9. The lowest BCUT2D eigenvalue weighted by molar-refractivity contribution is 0.159. The van der Waals surface area contributed by atoms with Crippen molar-refractivity contribution in [3.8, 4) is 0 Å². The molecule has 1 fully saturated rings. The SMILES string of the molecule is CN(C1CCC(CO)CC1)S(=O)(=O)c1ccccn1. The lowest BCUT2D eigenvalue weighted by Gasteiger charge is -2.33. The predicted molar refractivity (Wildman–Crippen MR) is 72.0 cm³/mol. The molecule has 2 rings (SSSR count). The number of aliphatic hydroxyl groups is 1. The summed E-state index contributed by atoms with van der Waals surface area (Å²) < 4.78 is 26.2. The maximum atomic E-state index is 12.4. The highest BCUT2D eigenvalue weighted by molar-refractivity contribution is 7.89. The van der Waals surface area contributed by atoms with Crippen LogP contribution in [0.3, 0.4) is 0 Å². The van der Waals surface area contributed by atoms with Gasteiger partial charge in [-0.2, -0.15) is 4.31 Å².